The number of halogens is 1. The van der Waals surface area contributed by atoms with Crippen molar-refractivity contribution in [3.05, 3.63) is 39.7 Å². The van der Waals surface area contributed by atoms with Gasteiger partial charge in [0.25, 0.3) is 0 Å². The third kappa shape index (κ3) is 2.78. The van der Waals surface area contributed by atoms with Crippen molar-refractivity contribution in [3.8, 4) is 10.4 Å². The van der Waals surface area contributed by atoms with Crippen LogP contribution in [0.1, 0.15) is 18.7 Å². The summed E-state index contributed by atoms with van der Waals surface area (Å²) in [5.41, 5.74) is 2.60. The fraction of sp³-hybridized carbons (Fsp3) is 0.333. The third-order valence-corrected chi connectivity index (χ3v) is 5.32. The molecule has 18 heavy (non-hydrogen) atoms. The molecule has 0 fully saturated rings. The maximum atomic E-state index is 3.58. The van der Waals surface area contributed by atoms with Gasteiger partial charge >= 0.3 is 0 Å². The highest BCUT2D eigenvalue weighted by Crippen LogP contribution is 2.34. The topological polar surface area (TPSA) is 3.24 Å². The molecule has 2 rings (SSSR count). The Hall–Kier alpha value is -0.800. The number of hydrogen-bond donors (Lipinski definition) is 0. The normalized spacial score (nSPS) is 10.7. The maximum Gasteiger partial charge on any atom is 0.0366 e. The molecule has 0 atom stereocenters. The first kappa shape index (κ1) is 13.6. The van der Waals surface area contributed by atoms with Crippen LogP contribution >= 0.6 is 27.3 Å². The molecule has 0 aliphatic heterocycles. The summed E-state index contributed by atoms with van der Waals surface area (Å²) in [5, 5.41) is 0. The first-order valence-electron chi connectivity index (χ1n) is 6.27. The van der Waals surface area contributed by atoms with Crippen LogP contribution in [0.15, 0.2) is 34.8 Å². The molecule has 0 N–H and O–H groups in total. The molecule has 1 nitrogen and oxygen atoms in total. The Bertz CT molecular complexity index is 492. The van der Waals surface area contributed by atoms with Crippen LogP contribution in [0.3, 0.4) is 0 Å². The van der Waals surface area contributed by atoms with Gasteiger partial charge in [-0.2, -0.15) is 0 Å². The molecule has 0 bridgehead atoms. The first-order chi connectivity index (χ1) is 8.65. The molecule has 0 spiro atoms. The van der Waals surface area contributed by atoms with Gasteiger partial charge in [-0.15, -0.1) is 11.3 Å². The Balaban J connectivity index is 2.27. The van der Waals surface area contributed by atoms with Gasteiger partial charge in [-0.25, -0.2) is 0 Å². The molecular weight excluding hydrogens is 306 g/mol. The van der Waals surface area contributed by atoms with E-state index >= 15 is 0 Å². The van der Waals surface area contributed by atoms with Gasteiger partial charge in [0, 0.05) is 33.0 Å². The second-order valence-electron chi connectivity index (χ2n) is 4.23. The summed E-state index contributed by atoms with van der Waals surface area (Å²) in [4.78, 5) is 5.02. The second-order valence-corrected chi connectivity index (χ2v) is 6.34. The van der Waals surface area contributed by atoms with Crippen molar-refractivity contribution in [2.24, 2.45) is 0 Å². The van der Waals surface area contributed by atoms with Crippen LogP contribution in [-0.4, -0.2) is 13.1 Å². The van der Waals surface area contributed by atoms with E-state index in [-0.39, 0.29) is 0 Å². The summed E-state index contributed by atoms with van der Waals surface area (Å²) >= 11 is 5.41. The molecule has 0 aliphatic rings. The summed E-state index contributed by atoms with van der Waals surface area (Å²) in [5.74, 6) is 0. The lowest BCUT2D eigenvalue weighted by atomic mass is 10.1. The number of benzene rings is 1. The number of thiophene rings is 1. The SMILES string of the molecule is CCN(CC)c1ccc(-c2cc(Br)c(C)s2)cc1. The third-order valence-electron chi connectivity index (χ3n) is 3.14. The van der Waals surface area contributed by atoms with Crippen LogP contribution in [0, 0.1) is 6.92 Å². The highest BCUT2D eigenvalue weighted by molar-refractivity contribution is 9.10. The zero-order chi connectivity index (χ0) is 13.1. The van der Waals surface area contributed by atoms with E-state index in [4.69, 9.17) is 0 Å². The Morgan fingerprint density at radius 3 is 2.17 bits per heavy atom. The van der Waals surface area contributed by atoms with Crippen molar-refractivity contribution in [1.29, 1.82) is 0 Å². The van der Waals surface area contributed by atoms with Crippen LogP contribution in [-0.2, 0) is 0 Å². The van der Waals surface area contributed by atoms with Crippen LogP contribution in [0.25, 0.3) is 10.4 Å². The van der Waals surface area contributed by atoms with Gasteiger partial charge in [0.05, 0.1) is 0 Å². The molecular formula is C15H18BrNS. The molecule has 0 saturated carbocycles. The van der Waals surface area contributed by atoms with Crippen molar-refractivity contribution in [1.82, 2.24) is 0 Å². The Morgan fingerprint density at radius 1 is 1.11 bits per heavy atom. The molecule has 0 saturated heterocycles. The van der Waals surface area contributed by atoms with Crippen molar-refractivity contribution in [3.63, 3.8) is 0 Å². The molecule has 0 aliphatic carbocycles. The van der Waals surface area contributed by atoms with Crippen LogP contribution in [0.5, 0.6) is 0 Å². The van der Waals surface area contributed by atoms with Crippen molar-refractivity contribution in [2.75, 3.05) is 18.0 Å². The Kier molecular flexibility index (Phi) is 4.46. The van der Waals surface area contributed by atoms with E-state index < -0.39 is 0 Å². The van der Waals surface area contributed by atoms with Gasteiger partial charge in [0.1, 0.15) is 0 Å². The quantitative estimate of drug-likeness (QED) is 0.734. The number of nitrogens with zero attached hydrogens (tertiary/aromatic N) is 1. The zero-order valence-corrected chi connectivity index (χ0v) is 13.4. The lowest BCUT2D eigenvalue weighted by Gasteiger charge is -2.21. The fourth-order valence-corrected chi connectivity index (χ4v) is 3.57. The standard InChI is InChI=1S/C15H18BrNS/c1-4-17(5-2)13-8-6-12(7-9-13)15-10-14(16)11(3)18-15/h6-10H,4-5H2,1-3H3. The summed E-state index contributed by atoms with van der Waals surface area (Å²) < 4.78 is 1.20. The number of hydrogen-bond acceptors (Lipinski definition) is 2. The average molecular weight is 324 g/mol. The van der Waals surface area contributed by atoms with Crippen LogP contribution < -0.4 is 4.90 Å². The summed E-state index contributed by atoms with van der Waals surface area (Å²) in [7, 11) is 0. The highest BCUT2D eigenvalue weighted by atomic mass is 79.9. The average Bonchev–Trinajstić information content (AvgIpc) is 2.72. The first-order valence-corrected chi connectivity index (χ1v) is 7.88. The number of aryl methyl sites for hydroxylation is 1. The van der Waals surface area contributed by atoms with Gasteiger partial charge in [-0.1, -0.05) is 12.1 Å². The van der Waals surface area contributed by atoms with Gasteiger partial charge in [0.2, 0.25) is 0 Å². The predicted molar refractivity (Wildman–Crippen MR) is 85.8 cm³/mol. The van der Waals surface area contributed by atoms with E-state index in [1.807, 2.05) is 11.3 Å². The van der Waals surface area contributed by atoms with E-state index in [0.29, 0.717) is 0 Å². The predicted octanol–water partition coefficient (Wildman–Crippen LogP) is 5.33. The molecule has 96 valence electrons. The summed E-state index contributed by atoms with van der Waals surface area (Å²) in [6.07, 6.45) is 0. The van der Waals surface area contributed by atoms with Crippen LogP contribution in [0.2, 0.25) is 0 Å². The maximum absolute atomic E-state index is 3.58. The van der Waals surface area contributed by atoms with Crippen LogP contribution in [0.4, 0.5) is 5.69 Å². The minimum absolute atomic E-state index is 1.06. The lowest BCUT2D eigenvalue weighted by Crippen LogP contribution is -2.21. The van der Waals surface area contributed by atoms with Crippen molar-refractivity contribution < 1.29 is 0 Å². The molecule has 0 radical (unpaired) electrons. The minimum Gasteiger partial charge on any atom is -0.372 e. The van der Waals surface area contributed by atoms with Crippen molar-refractivity contribution >= 4 is 33.0 Å². The molecule has 1 aromatic carbocycles. The monoisotopic (exact) mass is 323 g/mol. The molecule has 0 amide bonds. The van der Waals surface area contributed by atoms with Gasteiger partial charge < -0.3 is 4.90 Å². The lowest BCUT2D eigenvalue weighted by molar-refractivity contribution is 0.866. The second kappa shape index (κ2) is 5.89. The van der Waals surface area contributed by atoms with Crippen molar-refractivity contribution in [2.45, 2.75) is 20.8 Å². The van der Waals surface area contributed by atoms with Gasteiger partial charge in [-0.05, 0) is 60.5 Å². The number of anilines is 1. The fourth-order valence-electron chi connectivity index (χ4n) is 2.03. The van der Waals surface area contributed by atoms with E-state index in [9.17, 15) is 0 Å². The van der Waals surface area contributed by atoms with E-state index in [2.05, 4.69) is 71.9 Å². The molecule has 1 aromatic heterocycles. The number of rotatable bonds is 4. The molecule has 1 heterocycles. The highest BCUT2D eigenvalue weighted by Gasteiger charge is 2.06. The van der Waals surface area contributed by atoms with E-state index in [1.165, 1.54) is 25.5 Å². The van der Waals surface area contributed by atoms with E-state index in [1.54, 1.807) is 0 Å². The van der Waals surface area contributed by atoms with Gasteiger partial charge in [0.15, 0.2) is 0 Å². The molecule has 0 unspecified atom stereocenters. The molecule has 2 aromatic rings. The summed E-state index contributed by atoms with van der Waals surface area (Å²) in [6.45, 7) is 8.63. The Morgan fingerprint density at radius 2 is 1.72 bits per heavy atom. The largest absolute Gasteiger partial charge is 0.372 e. The smallest absolute Gasteiger partial charge is 0.0366 e. The zero-order valence-electron chi connectivity index (χ0n) is 11.0. The van der Waals surface area contributed by atoms with E-state index in [0.717, 1.165) is 13.1 Å². The Labute approximate surface area is 122 Å². The van der Waals surface area contributed by atoms with Gasteiger partial charge in [-0.3, -0.25) is 0 Å². The summed E-state index contributed by atoms with van der Waals surface area (Å²) in [6, 6.07) is 11.1. The minimum atomic E-state index is 1.06. The molecule has 3 heteroatoms.